The number of likely N-dealkylation sites (N-methyl/N-ethyl adjacent to an activating group) is 1. The van der Waals surface area contributed by atoms with Crippen LogP contribution in [-0.4, -0.2) is 65.7 Å². The van der Waals surface area contributed by atoms with Gasteiger partial charge in [0.2, 0.25) is 0 Å². The molecule has 3 heterocycles. The molecule has 2 N–H and O–H groups in total. The number of carbonyl (C=O) groups is 1. The highest BCUT2D eigenvalue weighted by molar-refractivity contribution is 5.83. The van der Waals surface area contributed by atoms with Crippen molar-refractivity contribution < 1.29 is 14.3 Å². The first-order valence-corrected chi connectivity index (χ1v) is 12.9. The van der Waals surface area contributed by atoms with Crippen LogP contribution in [0.3, 0.4) is 0 Å². The van der Waals surface area contributed by atoms with Gasteiger partial charge in [0.15, 0.2) is 11.5 Å². The molecule has 2 fully saturated rings. The number of ether oxygens (including phenoxy) is 2. The fraction of sp³-hybridized carbons (Fsp3) is 0.615. The van der Waals surface area contributed by atoms with Crippen molar-refractivity contribution in [3.8, 4) is 11.5 Å². The lowest BCUT2D eigenvalue weighted by molar-refractivity contribution is 0.159. The quantitative estimate of drug-likeness (QED) is 0.676. The molecule has 2 amide bonds. The lowest BCUT2D eigenvalue weighted by Crippen LogP contribution is -2.50. The van der Waals surface area contributed by atoms with Gasteiger partial charge in [-0.25, -0.2) is 4.79 Å². The molecule has 1 aromatic carbocycles. The molecule has 34 heavy (non-hydrogen) atoms. The van der Waals surface area contributed by atoms with Crippen molar-refractivity contribution >= 4 is 16.9 Å². The highest BCUT2D eigenvalue weighted by Crippen LogP contribution is 2.33. The van der Waals surface area contributed by atoms with E-state index >= 15 is 0 Å². The number of pyridine rings is 1. The molecular weight excluding hydrogens is 432 g/mol. The summed E-state index contributed by atoms with van der Waals surface area (Å²) in [4.78, 5) is 33.7. The van der Waals surface area contributed by atoms with Crippen LogP contribution in [0.1, 0.15) is 57.4 Å². The zero-order chi connectivity index (χ0) is 23.5. The maximum Gasteiger partial charge on any atom is 0.317 e. The van der Waals surface area contributed by atoms with E-state index in [9.17, 15) is 9.59 Å². The molecule has 0 radical (unpaired) electrons. The van der Waals surface area contributed by atoms with Crippen LogP contribution in [0, 0.1) is 0 Å². The smallest absolute Gasteiger partial charge is 0.317 e. The molecule has 2 aromatic rings. The number of carbonyl (C=O) groups excluding carboxylic acids is 1. The van der Waals surface area contributed by atoms with E-state index < -0.39 is 0 Å². The van der Waals surface area contributed by atoms with Gasteiger partial charge in [-0.2, -0.15) is 0 Å². The van der Waals surface area contributed by atoms with Crippen LogP contribution in [0.2, 0.25) is 0 Å². The van der Waals surface area contributed by atoms with Gasteiger partial charge in [0.1, 0.15) is 13.2 Å². The van der Waals surface area contributed by atoms with E-state index in [2.05, 4.69) is 22.1 Å². The van der Waals surface area contributed by atoms with Crippen LogP contribution in [0.25, 0.3) is 10.9 Å². The molecule has 184 valence electrons. The summed E-state index contributed by atoms with van der Waals surface area (Å²) in [6.07, 6.45) is 7.88. The maximum absolute atomic E-state index is 13.4. The lowest BCUT2D eigenvalue weighted by atomic mass is 9.96. The normalized spacial score (nSPS) is 21.0. The number of nitrogens with zero attached hydrogens (tertiary/aromatic N) is 2. The Morgan fingerprint density at radius 3 is 2.62 bits per heavy atom. The first kappa shape index (κ1) is 23.0. The molecule has 0 unspecified atom stereocenters. The second-order valence-electron chi connectivity index (χ2n) is 9.80. The summed E-state index contributed by atoms with van der Waals surface area (Å²) in [5.41, 5.74) is 1.13. The van der Waals surface area contributed by atoms with Crippen molar-refractivity contribution in [2.45, 2.75) is 70.5 Å². The van der Waals surface area contributed by atoms with E-state index in [0.717, 1.165) is 57.0 Å². The number of amides is 2. The minimum Gasteiger partial charge on any atom is -0.486 e. The molecule has 8 nitrogen and oxygen atoms in total. The zero-order valence-corrected chi connectivity index (χ0v) is 20.1. The number of aromatic nitrogens is 1. The molecule has 1 atom stereocenters. The molecule has 5 rings (SSSR count). The minimum atomic E-state index is -0.168. The Balaban J connectivity index is 1.40. The van der Waals surface area contributed by atoms with E-state index in [1.807, 2.05) is 23.1 Å². The molecular formula is C26H36N4O4. The van der Waals surface area contributed by atoms with Gasteiger partial charge >= 0.3 is 6.03 Å². The monoisotopic (exact) mass is 468 g/mol. The third kappa shape index (κ3) is 5.02. The van der Waals surface area contributed by atoms with Crippen molar-refractivity contribution in [1.82, 2.24) is 20.1 Å². The van der Waals surface area contributed by atoms with Crippen molar-refractivity contribution in [3.63, 3.8) is 0 Å². The highest BCUT2D eigenvalue weighted by Gasteiger charge is 2.29. The Morgan fingerprint density at radius 1 is 1.09 bits per heavy atom. The number of fused-ring (bicyclic) bond motifs is 2. The largest absolute Gasteiger partial charge is 0.486 e. The van der Waals surface area contributed by atoms with Crippen LogP contribution < -0.4 is 20.3 Å². The van der Waals surface area contributed by atoms with Crippen LogP contribution in [-0.2, 0) is 6.54 Å². The predicted octanol–water partition coefficient (Wildman–Crippen LogP) is 3.63. The number of benzene rings is 1. The van der Waals surface area contributed by atoms with E-state index in [1.165, 1.54) is 6.42 Å². The predicted molar refractivity (Wildman–Crippen MR) is 132 cm³/mol. The first-order chi connectivity index (χ1) is 16.6. The first-order valence-electron chi connectivity index (χ1n) is 12.9. The second kappa shape index (κ2) is 10.3. The van der Waals surface area contributed by atoms with Crippen molar-refractivity contribution in [3.05, 3.63) is 34.1 Å². The van der Waals surface area contributed by atoms with Gasteiger partial charge in [-0.15, -0.1) is 0 Å². The standard InChI is InChI=1S/C26H36N4O4/c1-2-29-10-6-9-21(29)17-30(26(32)27-20-7-4-3-5-8-20)16-19-13-18-14-23-24(34-12-11-33-23)15-22(18)28-25(19)31/h13-15,20-21H,2-12,16-17H2,1H3,(H,27,32)(H,28,31)/t21-/m0/s1. The van der Waals surface area contributed by atoms with Crippen LogP contribution in [0.15, 0.2) is 23.0 Å². The van der Waals surface area contributed by atoms with Gasteiger partial charge in [0, 0.05) is 35.6 Å². The van der Waals surface area contributed by atoms with E-state index in [4.69, 9.17) is 9.47 Å². The lowest BCUT2D eigenvalue weighted by Gasteiger charge is -2.32. The number of rotatable bonds is 6. The number of likely N-dealkylation sites (tertiary alicyclic amines) is 1. The molecule has 8 heteroatoms. The number of hydrogen-bond donors (Lipinski definition) is 2. The molecule has 1 saturated heterocycles. The fourth-order valence-electron chi connectivity index (χ4n) is 5.62. The van der Waals surface area contributed by atoms with Gasteiger partial charge in [-0.05, 0) is 50.9 Å². The molecule has 1 aromatic heterocycles. The second-order valence-corrected chi connectivity index (χ2v) is 9.80. The summed E-state index contributed by atoms with van der Waals surface area (Å²) >= 11 is 0. The third-order valence-electron chi connectivity index (χ3n) is 7.50. The third-order valence-corrected chi connectivity index (χ3v) is 7.50. The molecule has 1 aliphatic carbocycles. The topological polar surface area (TPSA) is 86.9 Å². The summed E-state index contributed by atoms with van der Waals surface area (Å²) in [7, 11) is 0. The van der Waals surface area contributed by atoms with Gasteiger partial charge < -0.3 is 24.7 Å². The number of H-pyrrole nitrogens is 1. The van der Waals surface area contributed by atoms with Crippen molar-refractivity contribution in [2.75, 3.05) is 32.8 Å². The Hall–Kier alpha value is -2.74. The minimum absolute atomic E-state index is 0.0588. The van der Waals surface area contributed by atoms with Crippen molar-refractivity contribution in [2.24, 2.45) is 0 Å². The average molecular weight is 469 g/mol. The van der Waals surface area contributed by atoms with Crippen molar-refractivity contribution in [1.29, 1.82) is 0 Å². The Labute approximate surface area is 200 Å². The number of urea groups is 1. The molecule has 3 aliphatic rings. The highest BCUT2D eigenvalue weighted by atomic mass is 16.6. The molecule has 0 bridgehead atoms. The number of nitrogens with one attached hydrogen (secondary N) is 2. The average Bonchev–Trinajstić information content (AvgIpc) is 3.30. The fourth-order valence-corrected chi connectivity index (χ4v) is 5.62. The summed E-state index contributed by atoms with van der Waals surface area (Å²) < 4.78 is 11.4. The summed E-state index contributed by atoms with van der Waals surface area (Å²) in [5.74, 6) is 1.34. The molecule has 2 aliphatic heterocycles. The maximum atomic E-state index is 13.4. The summed E-state index contributed by atoms with van der Waals surface area (Å²) in [6.45, 7) is 6.15. The van der Waals surface area contributed by atoms with Crippen LogP contribution >= 0.6 is 0 Å². The van der Waals surface area contributed by atoms with Gasteiger partial charge in [-0.3, -0.25) is 9.69 Å². The van der Waals surface area contributed by atoms with Crippen LogP contribution in [0.4, 0.5) is 4.79 Å². The summed E-state index contributed by atoms with van der Waals surface area (Å²) in [5, 5.41) is 4.14. The van der Waals surface area contributed by atoms with Gasteiger partial charge in [-0.1, -0.05) is 26.2 Å². The number of hydrogen-bond acceptors (Lipinski definition) is 5. The SMILES string of the molecule is CCN1CCC[C@H]1CN(Cc1cc2cc3c(cc2[nH]c1=O)OCCO3)C(=O)NC1CCCCC1. The van der Waals surface area contributed by atoms with Gasteiger partial charge in [0.25, 0.3) is 5.56 Å². The zero-order valence-electron chi connectivity index (χ0n) is 20.1. The van der Waals surface area contributed by atoms with E-state index in [0.29, 0.717) is 48.4 Å². The van der Waals surface area contributed by atoms with Crippen LogP contribution in [0.5, 0.6) is 11.5 Å². The van der Waals surface area contributed by atoms with Gasteiger partial charge in [0.05, 0.1) is 12.1 Å². The summed E-state index contributed by atoms with van der Waals surface area (Å²) in [6, 6.07) is 6.12. The van der Waals surface area contributed by atoms with E-state index in [-0.39, 0.29) is 24.2 Å². The Kier molecular flexibility index (Phi) is 6.94. The molecule has 1 saturated carbocycles. The van der Waals surface area contributed by atoms with E-state index in [1.54, 1.807) is 0 Å². The Bertz CT molecular complexity index is 1080. The molecule has 0 spiro atoms. The number of aromatic amines is 1. The Morgan fingerprint density at radius 2 is 1.85 bits per heavy atom.